The summed E-state index contributed by atoms with van der Waals surface area (Å²) in [6, 6.07) is 4.43. The van der Waals surface area contributed by atoms with Gasteiger partial charge in [-0.15, -0.1) is 0 Å². The van der Waals surface area contributed by atoms with E-state index in [1.807, 2.05) is 18.3 Å². The van der Waals surface area contributed by atoms with Crippen LogP contribution in [0.15, 0.2) is 18.3 Å². The van der Waals surface area contributed by atoms with Gasteiger partial charge in [-0.05, 0) is 18.6 Å². The van der Waals surface area contributed by atoms with Crippen LogP contribution >= 0.6 is 0 Å². The van der Waals surface area contributed by atoms with Crippen molar-refractivity contribution in [1.29, 1.82) is 0 Å². The first-order valence-corrected chi connectivity index (χ1v) is 4.93. The predicted molar refractivity (Wildman–Crippen MR) is 54.1 cm³/mol. The standard InChI is InChI=1S/C10H13N3O/c11-10-2-1-7(4-12-10)13-5-9-3-8(13)6-14-9/h1-2,4,8-9H,3,5-6H2,(H2,11,12). The molecule has 2 bridgehead atoms. The lowest BCUT2D eigenvalue weighted by molar-refractivity contribution is 0.0991. The first kappa shape index (κ1) is 8.05. The van der Waals surface area contributed by atoms with Crippen LogP contribution in [-0.2, 0) is 4.74 Å². The normalized spacial score (nSPS) is 29.9. The van der Waals surface area contributed by atoms with Gasteiger partial charge in [0.25, 0.3) is 0 Å². The molecule has 2 unspecified atom stereocenters. The second-order valence-corrected chi connectivity index (χ2v) is 3.94. The summed E-state index contributed by atoms with van der Waals surface area (Å²) >= 11 is 0. The van der Waals surface area contributed by atoms with Crippen LogP contribution in [0.5, 0.6) is 0 Å². The second kappa shape index (κ2) is 2.85. The van der Waals surface area contributed by atoms with Crippen LogP contribution in [0.1, 0.15) is 6.42 Å². The van der Waals surface area contributed by atoms with Crippen LogP contribution in [0.3, 0.4) is 0 Å². The molecular formula is C10H13N3O. The van der Waals surface area contributed by atoms with Gasteiger partial charge >= 0.3 is 0 Å². The molecule has 1 aromatic rings. The summed E-state index contributed by atoms with van der Waals surface area (Å²) in [7, 11) is 0. The van der Waals surface area contributed by atoms with Crippen LogP contribution in [0.25, 0.3) is 0 Å². The fourth-order valence-electron chi connectivity index (χ4n) is 2.28. The molecular weight excluding hydrogens is 178 g/mol. The van der Waals surface area contributed by atoms with Crippen molar-refractivity contribution in [2.24, 2.45) is 0 Å². The minimum atomic E-state index is 0.428. The minimum absolute atomic E-state index is 0.428. The van der Waals surface area contributed by atoms with E-state index in [4.69, 9.17) is 10.5 Å². The highest BCUT2D eigenvalue weighted by molar-refractivity contribution is 5.50. The molecule has 14 heavy (non-hydrogen) atoms. The fourth-order valence-corrected chi connectivity index (χ4v) is 2.28. The van der Waals surface area contributed by atoms with Gasteiger partial charge in [0.1, 0.15) is 5.82 Å². The zero-order valence-corrected chi connectivity index (χ0v) is 7.89. The van der Waals surface area contributed by atoms with Gasteiger partial charge < -0.3 is 15.4 Å². The van der Waals surface area contributed by atoms with E-state index in [1.54, 1.807) is 0 Å². The summed E-state index contributed by atoms with van der Waals surface area (Å²) in [5, 5.41) is 0. The highest BCUT2D eigenvalue weighted by Gasteiger charge is 2.38. The number of ether oxygens (including phenoxy) is 1. The summed E-state index contributed by atoms with van der Waals surface area (Å²) in [6.07, 6.45) is 3.43. The maximum atomic E-state index is 5.55. The van der Waals surface area contributed by atoms with Crippen LogP contribution in [-0.4, -0.2) is 30.3 Å². The highest BCUT2D eigenvalue weighted by atomic mass is 16.5. The Morgan fingerprint density at radius 3 is 3.00 bits per heavy atom. The number of rotatable bonds is 1. The van der Waals surface area contributed by atoms with Gasteiger partial charge in [-0.1, -0.05) is 0 Å². The van der Waals surface area contributed by atoms with E-state index in [-0.39, 0.29) is 0 Å². The Hall–Kier alpha value is -1.29. The Bertz CT molecular complexity index is 338. The van der Waals surface area contributed by atoms with E-state index in [2.05, 4.69) is 9.88 Å². The monoisotopic (exact) mass is 191 g/mol. The molecule has 0 spiro atoms. The molecule has 3 heterocycles. The van der Waals surface area contributed by atoms with Crippen molar-refractivity contribution < 1.29 is 4.74 Å². The molecule has 4 nitrogen and oxygen atoms in total. The highest BCUT2D eigenvalue weighted by Crippen LogP contribution is 2.31. The van der Waals surface area contributed by atoms with Crippen molar-refractivity contribution in [3.63, 3.8) is 0 Å². The Labute approximate surface area is 82.7 Å². The average molecular weight is 191 g/mol. The first-order valence-electron chi connectivity index (χ1n) is 4.93. The van der Waals surface area contributed by atoms with Gasteiger partial charge in [0.05, 0.1) is 30.6 Å². The average Bonchev–Trinajstić information content (AvgIpc) is 2.80. The Morgan fingerprint density at radius 2 is 2.43 bits per heavy atom. The summed E-state index contributed by atoms with van der Waals surface area (Å²) in [4.78, 5) is 6.46. The number of fused-ring (bicyclic) bond motifs is 2. The number of aromatic nitrogens is 1. The fraction of sp³-hybridized carbons (Fsp3) is 0.500. The Balaban J connectivity index is 1.86. The summed E-state index contributed by atoms with van der Waals surface area (Å²) in [6.45, 7) is 1.85. The number of pyridine rings is 1. The maximum absolute atomic E-state index is 5.55. The van der Waals surface area contributed by atoms with Gasteiger partial charge in [-0.3, -0.25) is 0 Å². The lowest BCUT2D eigenvalue weighted by atomic mass is 10.2. The number of morpholine rings is 1. The molecule has 0 aliphatic carbocycles. The van der Waals surface area contributed by atoms with Crippen molar-refractivity contribution >= 4 is 11.5 Å². The number of anilines is 2. The molecule has 2 N–H and O–H groups in total. The van der Waals surface area contributed by atoms with E-state index >= 15 is 0 Å². The van der Waals surface area contributed by atoms with E-state index in [0.29, 0.717) is 18.0 Å². The van der Waals surface area contributed by atoms with Crippen LogP contribution in [0.2, 0.25) is 0 Å². The molecule has 0 amide bonds. The second-order valence-electron chi connectivity index (χ2n) is 3.94. The molecule has 74 valence electrons. The smallest absolute Gasteiger partial charge is 0.123 e. The molecule has 0 saturated carbocycles. The van der Waals surface area contributed by atoms with E-state index in [9.17, 15) is 0 Å². The zero-order chi connectivity index (χ0) is 9.54. The van der Waals surface area contributed by atoms with Crippen LogP contribution in [0, 0.1) is 0 Å². The number of nitrogens with zero attached hydrogens (tertiary/aromatic N) is 2. The molecule has 2 fully saturated rings. The molecule has 1 aromatic heterocycles. The lowest BCUT2D eigenvalue weighted by Gasteiger charge is -2.28. The van der Waals surface area contributed by atoms with E-state index in [1.165, 1.54) is 0 Å². The molecule has 0 aromatic carbocycles. The molecule has 2 saturated heterocycles. The number of nitrogen functional groups attached to an aromatic ring is 1. The van der Waals surface area contributed by atoms with Gasteiger partial charge in [-0.2, -0.15) is 0 Å². The number of nitrogens with two attached hydrogens (primary N) is 1. The Kier molecular flexibility index (Phi) is 1.64. The van der Waals surface area contributed by atoms with Crippen LogP contribution < -0.4 is 10.6 Å². The molecule has 3 rings (SSSR count). The maximum Gasteiger partial charge on any atom is 0.123 e. The predicted octanol–water partition coefficient (Wildman–Crippen LogP) is 0.641. The summed E-state index contributed by atoms with van der Waals surface area (Å²) in [5.74, 6) is 0.578. The van der Waals surface area contributed by atoms with Crippen LogP contribution in [0.4, 0.5) is 11.5 Å². The molecule has 2 aliphatic heterocycles. The summed E-state index contributed by atoms with van der Waals surface area (Å²) in [5.41, 5.74) is 6.71. The number of hydrogen-bond donors (Lipinski definition) is 1. The SMILES string of the molecule is Nc1ccc(N2CC3CC2CO3)cn1. The van der Waals surface area contributed by atoms with Crippen molar-refractivity contribution in [1.82, 2.24) is 4.98 Å². The molecule has 0 radical (unpaired) electrons. The van der Waals surface area contributed by atoms with Crippen molar-refractivity contribution in [2.45, 2.75) is 18.6 Å². The number of hydrogen-bond acceptors (Lipinski definition) is 4. The van der Waals surface area contributed by atoms with Crippen molar-refractivity contribution in [3.8, 4) is 0 Å². The largest absolute Gasteiger partial charge is 0.384 e. The third-order valence-corrected chi connectivity index (χ3v) is 3.00. The first-order chi connectivity index (χ1) is 6.83. The van der Waals surface area contributed by atoms with E-state index in [0.717, 1.165) is 25.3 Å². The quantitative estimate of drug-likeness (QED) is 0.707. The molecule has 2 aliphatic rings. The van der Waals surface area contributed by atoms with E-state index < -0.39 is 0 Å². The zero-order valence-electron chi connectivity index (χ0n) is 7.89. The minimum Gasteiger partial charge on any atom is -0.384 e. The third kappa shape index (κ3) is 1.14. The van der Waals surface area contributed by atoms with Crippen molar-refractivity contribution in [3.05, 3.63) is 18.3 Å². The van der Waals surface area contributed by atoms with Gasteiger partial charge in [0.2, 0.25) is 0 Å². The topological polar surface area (TPSA) is 51.4 Å². The lowest BCUT2D eigenvalue weighted by Crippen LogP contribution is -2.36. The molecule has 4 heteroatoms. The Morgan fingerprint density at radius 1 is 1.50 bits per heavy atom. The van der Waals surface area contributed by atoms with Gasteiger partial charge in [0.15, 0.2) is 0 Å². The summed E-state index contributed by atoms with van der Waals surface area (Å²) < 4.78 is 5.54. The molecule has 2 atom stereocenters. The van der Waals surface area contributed by atoms with Crippen molar-refractivity contribution in [2.75, 3.05) is 23.8 Å². The van der Waals surface area contributed by atoms with Gasteiger partial charge in [0, 0.05) is 6.54 Å². The van der Waals surface area contributed by atoms with Gasteiger partial charge in [-0.25, -0.2) is 4.98 Å². The third-order valence-electron chi connectivity index (χ3n) is 3.00.